The minimum atomic E-state index is -1.21. The van der Waals surface area contributed by atoms with Gasteiger partial charge in [-0.3, -0.25) is 4.79 Å². The van der Waals surface area contributed by atoms with Gasteiger partial charge in [0.2, 0.25) is 0 Å². The molecule has 0 radical (unpaired) electrons. The van der Waals surface area contributed by atoms with Gasteiger partial charge in [-0.05, 0) is 45.0 Å². The summed E-state index contributed by atoms with van der Waals surface area (Å²) in [4.78, 5) is 23.8. The first kappa shape index (κ1) is 21.1. The molecule has 0 aliphatic rings. The molecule has 1 atom stereocenters. The van der Waals surface area contributed by atoms with Crippen molar-refractivity contribution in [3.05, 3.63) is 48.3 Å². The van der Waals surface area contributed by atoms with Crippen molar-refractivity contribution in [3.63, 3.8) is 0 Å². The monoisotopic (exact) mass is 388 g/mol. The van der Waals surface area contributed by atoms with Gasteiger partial charge in [-0.25, -0.2) is 9.48 Å². The summed E-state index contributed by atoms with van der Waals surface area (Å²) in [5.41, 5.74) is 1.22. The summed E-state index contributed by atoms with van der Waals surface area (Å²) in [6.45, 7) is 9.04. The van der Waals surface area contributed by atoms with Crippen LogP contribution in [0.2, 0.25) is 0 Å². The number of carbonyl (C=O) groups is 2. The third-order valence-corrected chi connectivity index (χ3v) is 3.69. The molecular formula is C19H24N4O5. The normalized spacial score (nSPS) is 11.9. The van der Waals surface area contributed by atoms with Crippen LogP contribution in [-0.4, -0.2) is 57.3 Å². The van der Waals surface area contributed by atoms with Gasteiger partial charge in [0, 0.05) is 0 Å². The maximum Gasteiger partial charge on any atom is 0.328 e. The zero-order valence-corrected chi connectivity index (χ0v) is 16.1. The lowest BCUT2D eigenvalue weighted by Crippen LogP contribution is -2.44. The molecule has 2 rings (SSSR count). The van der Waals surface area contributed by atoms with Crippen LogP contribution < -0.4 is 10.1 Å². The number of hydrogen-bond donors (Lipinski definition) is 2. The van der Waals surface area contributed by atoms with Gasteiger partial charge < -0.3 is 19.9 Å². The second kappa shape index (κ2) is 9.65. The largest absolute Gasteiger partial charge is 0.491 e. The van der Waals surface area contributed by atoms with E-state index < -0.39 is 17.9 Å². The van der Waals surface area contributed by atoms with Crippen molar-refractivity contribution in [2.24, 2.45) is 0 Å². The van der Waals surface area contributed by atoms with Crippen LogP contribution in [0.1, 0.15) is 30.0 Å². The van der Waals surface area contributed by atoms with Crippen molar-refractivity contribution in [2.45, 2.75) is 32.9 Å². The Morgan fingerprint density at radius 1 is 1.32 bits per heavy atom. The Morgan fingerprint density at radius 3 is 2.57 bits per heavy atom. The molecule has 9 heteroatoms. The molecule has 28 heavy (non-hydrogen) atoms. The van der Waals surface area contributed by atoms with Crippen LogP contribution in [0.25, 0.3) is 5.69 Å². The standard InChI is InChI=1S/C19H24N4O5/c1-5-10-27-11-16(19(25)26)20-18(24)17-13(4)23(22-21-17)14-6-8-15(9-7-14)28-12(2)3/h5-9,12,16H,1,10-11H2,2-4H3,(H,20,24)(H,25,26). The maximum absolute atomic E-state index is 12.4. The highest BCUT2D eigenvalue weighted by Gasteiger charge is 2.24. The van der Waals surface area contributed by atoms with Crippen molar-refractivity contribution in [2.75, 3.05) is 13.2 Å². The molecular weight excluding hydrogens is 364 g/mol. The van der Waals surface area contributed by atoms with E-state index in [9.17, 15) is 14.7 Å². The topological polar surface area (TPSA) is 116 Å². The van der Waals surface area contributed by atoms with E-state index in [1.54, 1.807) is 31.2 Å². The Balaban J connectivity index is 2.13. The number of carboxylic acid groups (broad SMARTS) is 1. The Labute approximate surface area is 163 Å². The quantitative estimate of drug-likeness (QED) is 0.470. The first-order chi connectivity index (χ1) is 13.3. The highest BCUT2D eigenvalue weighted by Crippen LogP contribution is 2.18. The minimum absolute atomic E-state index is 0.0393. The summed E-state index contributed by atoms with van der Waals surface area (Å²) < 4.78 is 12.2. The van der Waals surface area contributed by atoms with Crippen LogP contribution >= 0.6 is 0 Å². The van der Waals surface area contributed by atoms with E-state index in [2.05, 4.69) is 22.2 Å². The summed E-state index contributed by atoms with van der Waals surface area (Å²) in [6, 6.07) is 5.99. The number of nitrogens with one attached hydrogen (secondary N) is 1. The molecule has 0 bridgehead atoms. The van der Waals surface area contributed by atoms with Gasteiger partial charge >= 0.3 is 5.97 Å². The SMILES string of the molecule is C=CCOCC(NC(=O)c1nnn(-c2ccc(OC(C)C)cc2)c1C)C(=O)O. The molecule has 1 aromatic heterocycles. The number of aromatic nitrogens is 3. The first-order valence-corrected chi connectivity index (χ1v) is 8.75. The van der Waals surface area contributed by atoms with Gasteiger partial charge in [0.05, 0.1) is 30.7 Å². The number of benzene rings is 1. The van der Waals surface area contributed by atoms with E-state index in [-0.39, 0.29) is 25.0 Å². The zero-order valence-electron chi connectivity index (χ0n) is 16.1. The number of amides is 1. The lowest BCUT2D eigenvalue weighted by molar-refractivity contribution is -0.140. The molecule has 150 valence electrons. The molecule has 1 aromatic carbocycles. The third-order valence-electron chi connectivity index (χ3n) is 3.69. The van der Waals surface area contributed by atoms with Crippen molar-refractivity contribution in [3.8, 4) is 11.4 Å². The molecule has 2 aromatic rings. The number of ether oxygens (including phenoxy) is 2. The van der Waals surface area contributed by atoms with E-state index in [0.29, 0.717) is 11.4 Å². The maximum atomic E-state index is 12.4. The van der Waals surface area contributed by atoms with Gasteiger partial charge in [0.25, 0.3) is 5.91 Å². The second-order valence-corrected chi connectivity index (χ2v) is 6.29. The fourth-order valence-electron chi connectivity index (χ4n) is 2.39. The van der Waals surface area contributed by atoms with Crippen LogP contribution in [0.3, 0.4) is 0 Å². The zero-order chi connectivity index (χ0) is 20.7. The highest BCUT2D eigenvalue weighted by molar-refractivity contribution is 5.95. The van der Waals surface area contributed by atoms with Gasteiger partial charge in [-0.1, -0.05) is 11.3 Å². The molecule has 0 fully saturated rings. The van der Waals surface area contributed by atoms with Crippen molar-refractivity contribution >= 4 is 11.9 Å². The summed E-state index contributed by atoms with van der Waals surface area (Å²) in [5, 5.41) is 19.5. The van der Waals surface area contributed by atoms with Gasteiger partial charge in [0.1, 0.15) is 5.75 Å². The van der Waals surface area contributed by atoms with Crippen LogP contribution in [0, 0.1) is 6.92 Å². The number of carboxylic acids is 1. The Kier molecular flexibility index (Phi) is 7.28. The summed E-state index contributed by atoms with van der Waals surface area (Å²) in [5.74, 6) is -1.13. The molecule has 9 nitrogen and oxygen atoms in total. The van der Waals surface area contributed by atoms with Crippen LogP contribution in [0.4, 0.5) is 0 Å². The number of hydrogen-bond acceptors (Lipinski definition) is 6. The lowest BCUT2D eigenvalue weighted by atomic mass is 10.2. The van der Waals surface area contributed by atoms with Crippen molar-refractivity contribution in [1.82, 2.24) is 20.3 Å². The fraction of sp³-hybridized carbons (Fsp3) is 0.368. The predicted molar refractivity (Wildman–Crippen MR) is 102 cm³/mol. The number of aliphatic carboxylic acids is 1. The Bertz CT molecular complexity index is 829. The Hall–Kier alpha value is -3.20. The molecule has 0 aliphatic carbocycles. The third kappa shape index (κ3) is 5.40. The van der Waals surface area contributed by atoms with Gasteiger partial charge in [-0.2, -0.15) is 0 Å². The van der Waals surface area contributed by atoms with E-state index in [1.165, 1.54) is 10.8 Å². The number of nitrogens with zero attached hydrogens (tertiary/aromatic N) is 3. The molecule has 1 amide bonds. The molecule has 2 N–H and O–H groups in total. The summed E-state index contributed by atoms with van der Waals surface area (Å²) in [7, 11) is 0. The van der Waals surface area contributed by atoms with Gasteiger partial charge in [-0.15, -0.1) is 11.7 Å². The second-order valence-electron chi connectivity index (χ2n) is 6.29. The molecule has 1 heterocycles. The molecule has 0 aliphatic heterocycles. The molecule has 1 unspecified atom stereocenters. The van der Waals surface area contributed by atoms with Crippen molar-refractivity contribution < 1.29 is 24.2 Å². The van der Waals surface area contributed by atoms with E-state index in [0.717, 1.165) is 5.75 Å². The minimum Gasteiger partial charge on any atom is -0.491 e. The number of rotatable bonds is 10. The van der Waals surface area contributed by atoms with Crippen LogP contribution in [0.5, 0.6) is 5.75 Å². The summed E-state index contributed by atoms with van der Waals surface area (Å²) >= 11 is 0. The smallest absolute Gasteiger partial charge is 0.328 e. The van der Waals surface area contributed by atoms with E-state index in [4.69, 9.17) is 9.47 Å². The average Bonchev–Trinajstić information content (AvgIpc) is 3.02. The molecule has 0 spiro atoms. The average molecular weight is 388 g/mol. The summed E-state index contributed by atoms with van der Waals surface area (Å²) in [6.07, 6.45) is 1.56. The number of carbonyl (C=O) groups excluding carboxylic acids is 1. The van der Waals surface area contributed by atoms with E-state index in [1.807, 2.05) is 13.8 Å². The molecule has 0 saturated heterocycles. The first-order valence-electron chi connectivity index (χ1n) is 8.75. The lowest BCUT2D eigenvalue weighted by Gasteiger charge is -2.13. The van der Waals surface area contributed by atoms with Crippen LogP contribution in [0.15, 0.2) is 36.9 Å². The van der Waals surface area contributed by atoms with E-state index >= 15 is 0 Å². The van der Waals surface area contributed by atoms with Crippen LogP contribution in [-0.2, 0) is 9.53 Å². The highest BCUT2D eigenvalue weighted by atomic mass is 16.5. The molecule has 0 saturated carbocycles. The van der Waals surface area contributed by atoms with Gasteiger partial charge in [0.15, 0.2) is 11.7 Å². The van der Waals surface area contributed by atoms with Crippen molar-refractivity contribution in [1.29, 1.82) is 0 Å². The Morgan fingerprint density at radius 2 is 2.00 bits per heavy atom. The fourth-order valence-corrected chi connectivity index (χ4v) is 2.39. The predicted octanol–water partition coefficient (Wildman–Crippen LogP) is 1.75.